The molecule has 0 aliphatic rings. The summed E-state index contributed by atoms with van der Waals surface area (Å²) in [6.07, 6.45) is 0. The van der Waals surface area contributed by atoms with Gasteiger partial charge in [-0.3, -0.25) is 4.79 Å². The maximum absolute atomic E-state index is 10.7. The number of aromatic nitrogens is 2. The summed E-state index contributed by atoms with van der Waals surface area (Å²) in [6.45, 7) is 3.98. The van der Waals surface area contributed by atoms with Crippen LogP contribution in [0.3, 0.4) is 0 Å². The van der Waals surface area contributed by atoms with Gasteiger partial charge in [0.1, 0.15) is 6.61 Å². The van der Waals surface area contributed by atoms with Crippen LogP contribution in [0, 0.1) is 0 Å². The first-order valence-corrected chi connectivity index (χ1v) is 4.44. The van der Waals surface area contributed by atoms with E-state index < -0.39 is 11.4 Å². The minimum absolute atomic E-state index is 0.106. The molecule has 0 aromatic carbocycles. The fourth-order valence-electron chi connectivity index (χ4n) is 0.788. The van der Waals surface area contributed by atoms with Crippen LogP contribution in [-0.2, 0) is 0 Å². The van der Waals surface area contributed by atoms with Gasteiger partial charge in [0, 0.05) is 11.6 Å². The third-order valence-corrected chi connectivity index (χ3v) is 1.48. The predicted molar refractivity (Wildman–Crippen MR) is 54.3 cm³/mol. The summed E-state index contributed by atoms with van der Waals surface area (Å²) in [5, 5.41) is 7.26. The predicted octanol–water partition coefficient (Wildman–Crippen LogP) is -0.308. The van der Waals surface area contributed by atoms with Crippen LogP contribution in [-0.4, -0.2) is 28.3 Å². The van der Waals surface area contributed by atoms with Crippen molar-refractivity contribution in [2.24, 2.45) is 11.5 Å². The highest BCUT2D eigenvalue weighted by molar-refractivity contribution is 5.90. The highest BCUT2D eigenvalue weighted by atomic mass is 16.5. The van der Waals surface area contributed by atoms with Crippen molar-refractivity contribution < 1.29 is 9.53 Å². The molecular weight excluding hydrogens is 196 g/mol. The fourth-order valence-corrected chi connectivity index (χ4v) is 0.788. The third-order valence-electron chi connectivity index (χ3n) is 1.48. The number of ether oxygens (including phenoxy) is 1. The van der Waals surface area contributed by atoms with E-state index in [1.165, 1.54) is 12.1 Å². The normalized spacial score (nSPS) is 11.1. The summed E-state index contributed by atoms with van der Waals surface area (Å²) in [5.74, 6) is -0.299. The topological polar surface area (TPSA) is 104 Å². The number of nitrogens with two attached hydrogens (primary N) is 2. The van der Waals surface area contributed by atoms with Crippen LogP contribution < -0.4 is 16.2 Å². The standard InChI is InChI=1S/C9H14N4O2/c1-9(2,11)5-15-7-4-3-6(8(10)14)12-13-7/h3-4H,5,11H2,1-2H3,(H2,10,14). The van der Waals surface area contributed by atoms with E-state index in [0.29, 0.717) is 12.5 Å². The molecule has 0 spiro atoms. The Morgan fingerprint density at radius 2 is 2.13 bits per heavy atom. The minimum Gasteiger partial charge on any atom is -0.475 e. The molecule has 82 valence electrons. The highest BCUT2D eigenvalue weighted by Crippen LogP contribution is 2.07. The molecule has 0 saturated carbocycles. The molecule has 6 heteroatoms. The lowest BCUT2D eigenvalue weighted by Gasteiger charge is -2.17. The summed E-state index contributed by atoms with van der Waals surface area (Å²) < 4.78 is 5.25. The first kappa shape index (κ1) is 11.4. The van der Waals surface area contributed by atoms with Gasteiger partial charge in [0.05, 0.1) is 0 Å². The number of carbonyl (C=O) groups is 1. The molecule has 0 saturated heterocycles. The SMILES string of the molecule is CC(C)(N)COc1ccc(C(N)=O)nn1. The zero-order valence-electron chi connectivity index (χ0n) is 8.73. The molecule has 0 aliphatic heterocycles. The monoisotopic (exact) mass is 210 g/mol. The molecule has 0 bridgehead atoms. The van der Waals surface area contributed by atoms with Gasteiger partial charge < -0.3 is 16.2 Å². The summed E-state index contributed by atoms with van der Waals surface area (Å²) >= 11 is 0. The Morgan fingerprint density at radius 3 is 2.53 bits per heavy atom. The van der Waals surface area contributed by atoms with Gasteiger partial charge in [-0.1, -0.05) is 0 Å². The highest BCUT2D eigenvalue weighted by Gasteiger charge is 2.12. The van der Waals surface area contributed by atoms with E-state index in [2.05, 4.69) is 10.2 Å². The fraction of sp³-hybridized carbons (Fsp3) is 0.444. The number of carbonyl (C=O) groups excluding carboxylic acids is 1. The Labute approximate surface area is 87.6 Å². The maximum Gasteiger partial charge on any atom is 0.269 e. The first-order chi connectivity index (χ1) is 6.88. The molecular formula is C9H14N4O2. The lowest BCUT2D eigenvalue weighted by atomic mass is 10.1. The van der Waals surface area contributed by atoms with Crippen LogP contribution in [0.2, 0.25) is 0 Å². The van der Waals surface area contributed by atoms with Gasteiger partial charge in [-0.15, -0.1) is 10.2 Å². The summed E-state index contributed by atoms with van der Waals surface area (Å²) in [6, 6.07) is 2.98. The molecule has 4 N–H and O–H groups in total. The number of primary amides is 1. The Kier molecular flexibility index (Phi) is 3.21. The van der Waals surface area contributed by atoms with Crippen LogP contribution in [0.1, 0.15) is 24.3 Å². The van der Waals surface area contributed by atoms with Crippen molar-refractivity contribution in [3.05, 3.63) is 17.8 Å². The molecule has 0 aliphatic carbocycles. The number of nitrogens with zero attached hydrogens (tertiary/aromatic N) is 2. The van der Waals surface area contributed by atoms with Crippen LogP contribution in [0.15, 0.2) is 12.1 Å². The van der Waals surface area contributed by atoms with E-state index in [1.54, 1.807) is 0 Å². The smallest absolute Gasteiger partial charge is 0.269 e. The van der Waals surface area contributed by atoms with Crippen LogP contribution in [0.5, 0.6) is 5.88 Å². The quantitative estimate of drug-likeness (QED) is 0.709. The molecule has 1 amide bonds. The largest absolute Gasteiger partial charge is 0.475 e. The molecule has 1 rings (SSSR count). The van der Waals surface area contributed by atoms with E-state index in [1.807, 2.05) is 13.8 Å². The lowest BCUT2D eigenvalue weighted by molar-refractivity contribution is 0.0994. The second-order valence-corrected chi connectivity index (χ2v) is 3.90. The number of hydrogen-bond donors (Lipinski definition) is 2. The number of amides is 1. The minimum atomic E-state index is -0.617. The van der Waals surface area contributed by atoms with Crippen molar-refractivity contribution in [1.82, 2.24) is 10.2 Å². The third kappa shape index (κ3) is 3.90. The summed E-state index contributed by atoms with van der Waals surface area (Å²) in [5.41, 5.74) is 10.4. The Bertz CT molecular complexity index is 342. The lowest BCUT2D eigenvalue weighted by Crippen LogP contribution is -2.38. The molecule has 6 nitrogen and oxygen atoms in total. The molecule has 1 aromatic rings. The Balaban J connectivity index is 2.61. The van der Waals surface area contributed by atoms with E-state index in [0.717, 1.165) is 0 Å². The molecule has 0 radical (unpaired) electrons. The van der Waals surface area contributed by atoms with Crippen LogP contribution >= 0.6 is 0 Å². The van der Waals surface area contributed by atoms with E-state index in [-0.39, 0.29) is 5.69 Å². The average Bonchev–Trinajstić information content (AvgIpc) is 2.14. The van der Waals surface area contributed by atoms with Crippen LogP contribution in [0.4, 0.5) is 0 Å². The Hall–Kier alpha value is -1.69. The molecule has 0 unspecified atom stereocenters. The molecule has 0 fully saturated rings. The van der Waals surface area contributed by atoms with E-state index >= 15 is 0 Å². The van der Waals surface area contributed by atoms with Gasteiger partial charge in [-0.2, -0.15) is 0 Å². The molecule has 0 atom stereocenters. The molecule has 1 heterocycles. The first-order valence-electron chi connectivity index (χ1n) is 4.44. The van der Waals surface area contributed by atoms with E-state index in [9.17, 15) is 4.79 Å². The summed E-state index contributed by atoms with van der Waals surface area (Å²) in [4.78, 5) is 10.7. The van der Waals surface area contributed by atoms with Crippen molar-refractivity contribution in [3.63, 3.8) is 0 Å². The second-order valence-electron chi connectivity index (χ2n) is 3.90. The van der Waals surface area contributed by atoms with Gasteiger partial charge in [-0.05, 0) is 19.9 Å². The number of hydrogen-bond acceptors (Lipinski definition) is 5. The molecule has 15 heavy (non-hydrogen) atoms. The van der Waals surface area contributed by atoms with E-state index in [4.69, 9.17) is 16.2 Å². The van der Waals surface area contributed by atoms with Crippen molar-refractivity contribution in [3.8, 4) is 5.88 Å². The van der Waals surface area contributed by atoms with Gasteiger partial charge in [0.15, 0.2) is 5.69 Å². The van der Waals surface area contributed by atoms with Crippen LogP contribution in [0.25, 0.3) is 0 Å². The summed E-state index contributed by atoms with van der Waals surface area (Å²) in [7, 11) is 0. The van der Waals surface area contributed by atoms with Crippen molar-refractivity contribution in [1.29, 1.82) is 0 Å². The zero-order chi connectivity index (χ0) is 11.5. The molecule has 1 aromatic heterocycles. The van der Waals surface area contributed by atoms with Crippen molar-refractivity contribution in [2.45, 2.75) is 19.4 Å². The van der Waals surface area contributed by atoms with Gasteiger partial charge >= 0.3 is 0 Å². The van der Waals surface area contributed by atoms with Crippen molar-refractivity contribution >= 4 is 5.91 Å². The van der Waals surface area contributed by atoms with Crippen molar-refractivity contribution in [2.75, 3.05) is 6.61 Å². The second kappa shape index (κ2) is 4.22. The van der Waals surface area contributed by atoms with Gasteiger partial charge in [0.2, 0.25) is 5.88 Å². The van der Waals surface area contributed by atoms with Gasteiger partial charge in [-0.25, -0.2) is 0 Å². The zero-order valence-corrected chi connectivity index (χ0v) is 8.73. The number of rotatable bonds is 4. The average molecular weight is 210 g/mol. The Morgan fingerprint density at radius 1 is 1.47 bits per heavy atom. The van der Waals surface area contributed by atoms with Gasteiger partial charge in [0.25, 0.3) is 5.91 Å². The maximum atomic E-state index is 10.7.